The van der Waals surface area contributed by atoms with Gasteiger partial charge in [-0.15, -0.1) is 0 Å². The van der Waals surface area contributed by atoms with Crippen LogP contribution in [0.1, 0.15) is 82.1 Å². The molecule has 3 aliphatic carbocycles. The Labute approximate surface area is 342 Å². The quantitative estimate of drug-likeness (QED) is 0.170. The van der Waals surface area contributed by atoms with Crippen molar-refractivity contribution in [1.82, 2.24) is 15.0 Å². The van der Waals surface area contributed by atoms with Gasteiger partial charge in [0.25, 0.3) is 0 Å². The standard InChI is InChI=1S/C54H48N4/c1-34-26-37-27-35(2)31-54(30-34,32-37)45-22-18-40(19-23-45)39-14-16-42(17-15-39)51-56-50(41-12-10-36(33-55)11-13-41)57-52(58-51)44-21-25-47-46-24-20-43(38-8-6-5-7-9-38)28-48(46)53(3,4)49(47)29-44/h5-25,28-29,34-35,37H,26-27,30-32H2,1-4H3/t34-,35+,37?,54?. The second-order valence-electron chi connectivity index (χ2n) is 18.1. The Morgan fingerprint density at radius 2 is 0.948 bits per heavy atom. The van der Waals surface area contributed by atoms with Crippen LogP contribution >= 0.6 is 0 Å². The fourth-order valence-corrected chi connectivity index (χ4v) is 11.0. The maximum Gasteiger partial charge on any atom is 0.164 e. The summed E-state index contributed by atoms with van der Waals surface area (Å²) in [6.45, 7) is 9.55. The molecule has 0 aliphatic heterocycles. The van der Waals surface area contributed by atoms with Crippen molar-refractivity contribution in [1.29, 1.82) is 5.26 Å². The third-order valence-electron chi connectivity index (χ3n) is 13.6. The van der Waals surface area contributed by atoms with Gasteiger partial charge in [-0.2, -0.15) is 5.26 Å². The van der Waals surface area contributed by atoms with Crippen molar-refractivity contribution < 1.29 is 0 Å². The fourth-order valence-electron chi connectivity index (χ4n) is 11.0. The molecule has 10 rings (SSSR count). The number of nitriles is 1. The van der Waals surface area contributed by atoms with Gasteiger partial charge in [0.2, 0.25) is 0 Å². The number of nitrogens with zero attached hydrogens (tertiary/aromatic N) is 4. The molecule has 3 aliphatic rings. The predicted molar refractivity (Wildman–Crippen MR) is 236 cm³/mol. The summed E-state index contributed by atoms with van der Waals surface area (Å²) < 4.78 is 0. The Kier molecular flexibility index (Phi) is 8.75. The monoisotopic (exact) mass is 752 g/mol. The van der Waals surface area contributed by atoms with Crippen LogP contribution in [0.25, 0.3) is 67.5 Å². The molecule has 58 heavy (non-hydrogen) atoms. The molecule has 1 heterocycles. The van der Waals surface area contributed by atoms with Crippen molar-refractivity contribution in [2.24, 2.45) is 17.8 Å². The van der Waals surface area contributed by atoms with Gasteiger partial charge in [0, 0.05) is 22.1 Å². The SMILES string of the molecule is C[C@@H]1CC2C[C@H](C)CC(c3ccc(-c4ccc(-c5nc(-c6ccc(C#N)cc6)nc(-c6ccc7c(c6)C(C)(C)c6cc(-c8ccccc8)ccc6-7)n5)cc4)cc3)(C2)C1. The number of fused-ring (bicyclic) bond motifs is 5. The minimum atomic E-state index is -0.211. The molecule has 4 nitrogen and oxygen atoms in total. The van der Waals surface area contributed by atoms with Gasteiger partial charge >= 0.3 is 0 Å². The lowest BCUT2D eigenvalue weighted by atomic mass is 9.54. The van der Waals surface area contributed by atoms with Crippen LogP contribution in [0.3, 0.4) is 0 Å². The van der Waals surface area contributed by atoms with Crippen LogP contribution in [-0.4, -0.2) is 15.0 Å². The first-order valence-corrected chi connectivity index (χ1v) is 21.0. The summed E-state index contributed by atoms with van der Waals surface area (Å²) in [6, 6.07) is 51.9. The third kappa shape index (κ3) is 6.34. The summed E-state index contributed by atoms with van der Waals surface area (Å²) in [6.07, 6.45) is 6.76. The van der Waals surface area contributed by atoms with E-state index in [0.29, 0.717) is 28.5 Å². The second kappa shape index (κ2) is 14.0. The molecule has 0 saturated heterocycles. The van der Waals surface area contributed by atoms with E-state index in [-0.39, 0.29) is 5.41 Å². The van der Waals surface area contributed by atoms with Crippen molar-refractivity contribution >= 4 is 0 Å². The van der Waals surface area contributed by atoms with Gasteiger partial charge in [-0.25, -0.2) is 15.0 Å². The molecule has 0 amide bonds. The Bertz CT molecular complexity index is 2680. The smallest absolute Gasteiger partial charge is 0.164 e. The molecule has 6 aromatic carbocycles. The van der Waals surface area contributed by atoms with E-state index in [9.17, 15) is 5.26 Å². The zero-order valence-electron chi connectivity index (χ0n) is 33.8. The molecule has 2 unspecified atom stereocenters. The number of hydrogen-bond donors (Lipinski definition) is 0. The first-order valence-electron chi connectivity index (χ1n) is 21.0. The summed E-state index contributed by atoms with van der Waals surface area (Å²) in [5, 5.41) is 9.48. The van der Waals surface area contributed by atoms with Gasteiger partial charge in [-0.05, 0) is 142 Å². The molecule has 7 aromatic rings. The minimum absolute atomic E-state index is 0.211. The van der Waals surface area contributed by atoms with E-state index >= 15 is 0 Å². The molecule has 0 spiro atoms. The van der Waals surface area contributed by atoms with Crippen LogP contribution in [0.2, 0.25) is 0 Å². The van der Waals surface area contributed by atoms with E-state index in [1.165, 1.54) is 82.2 Å². The van der Waals surface area contributed by atoms with Crippen LogP contribution in [0.15, 0.2) is 140 Å². The molecule has 284 valence electrons. The largest absolute Gasteiger partial charge is 0.208 e. The first kappa shape index (κ1) is 36.2. The second-order valence-corrected chi connectivity index (χ2v) is 18.1. The van der Waals surface area contributed by atoms with Crippen molar-refractivity contribution in [3.63, 3.8) is 0 Å². The first-order chi connectivity index (χ1) is 28.2. The summed E-state index contributed by atoms with van der Waals surface area (Å²) in [5.74, 6) is 4.29. The van der Waals surface area contributed by atoms with E-state index in [2.05, 4.69) is 149 Å². The molecule has 2 saturated carbocycles. The molecular formula is C54H48N4. The van der Waals surface area contributed by atoms with E-state index in [1.54, 1.807) is 0 Å². The Morgan fingerprint density at radius 3 is 1.52 bits per heavy atom. The maximum absolute atomic E-state index is 9.48. The van der Waals surface area contributed by atoms with Gasteiger partial charge in [-0.1, -0.05) is 131 Å². The average molecular weight is 753 g/mol. The molecule has 0 radical (unpaired) electrons. The zero-order chi connectivity index (χ0) is 39.6. The topological polar surface area (TPSA) is 62.5 Å². The lowest BCUT2D eigenvalue weighted by molar-refractivity contribution is 0.0780. The lowest BCUT2D eigenvalue weighted by Gasteiger charge is -2.50. The number of hydrogen-bond acceptors (Lipinski definition) is 4. The van der Waals surface area contributed by atoms with Gasteiger partial charge in [0.15, 0.2) is 17.5 Å². The summed E-state index contributed by atoms with van der Waals surface area (Å²) in [5.41, 5.74) is 14.9. The zero-order valence-corrected chi connectivity index (χ0v) is 33.8. The normalized spacial score (nSPS) is 21.5. The Hall–Kier alpha value is -6.18. The summed E-state index contributed by atoms with van der Waals surface area (Å²) in [7, 11) is 0. The van der Waals surface area contributed by atoms with E-state index < -0.39 is 0 Å². The van der Waals surface area contributed by atoms with Crippen molar-refractivity contribution in [3.05, 3.63) is 162 Å². The Morgan fingerprint density at radius 1 is 0.500 bits per heavy atom. The van der Waals surface area contributed by atoms with Crippen LogP contribution in [-0.2, 0) is 10.8 Å². The number of aromatic nitrogens is 3. The molecular weight excluding hydrogens is 705 g/mol. The van der Waals surface area contributed by atoms with Gasteiger partial charge in [0.05, 0.1) is 11.6 Å². The number of rotatable bonds is 6. The van der Waals surface area contributed by atoms with Gasteiger partial charge in [-0.3, -0.25) is 0 Å². The minimum Gasteiger partial charge on any atom is -0.208 e. The van der Waals surface area contributed by atoms with Crippen molar-refractivity contribution in [2.75, 3.05) is 0 Å². The van der Waals surface area contributed by atoms with E-state index in [1.807, 2.05) is 24.3 Å². The van der Waals surface area contributed by atoms with E-state index in [4.69, 9.17) is 15.0 Å². The van der Waals surface area contributed by atoms with Crippen molar-refractivity contribution in [2.45, 2.75) is 70.6 Å². The fraction of sp³-hybridized carbons (Fsp3) is 0.259. The lowest BCUT2D eigenvalue weighted by Crippen LogP contribution is -2.42. The van der Waals surface area contributed by atoms with Gasteiger partial charge < -0.3 is 0 Å². The third-order valence-corrected chi connectivity index (χ3v) is 13.6. The molecule has 4 atom stereocenters. The average Bonchev–Trinajstić information content (AvgIpc) is 3.48. The molecule has 2 fully saturated rings. The Balaban J connectivity index is 0.990. The molecule has 4 heteroatoms. The maximum atomic E-state index is 9.48. The number of benzene rings is 6. The van der Waals surface area contributed by atoms with Crippen LogP contribution < -0.4 is 0 Å². The summed E-state index contributed by atoms with van der Waals surface area (Å²) >= 11 is 0. The molecule has 0 N–H and O–H groups in total. The highest BCUT2D eigenvalue weighted by atomic mass is 15.0. The summed E-state index contributed by atoms with van der Waals surface area (Å²) in [4.78, 5) is 15.2. The van der Waals surface area contributed by atoms with Crippen LogP contribution in [0.5, 0.6) is 0 Å². The van der Waals surface area contributed by atoms with Crippen LogP contribution in [0, 0.1) is 29.1 Å². The highest BCUT2D eigenvalue weighted by Crippen LogP contribution is 2.54. The molecule has 2 bridgehead atoms. The highest BCUT2D eigenvalue weighted by Gasteiger charge is 2.45. The van der Waals surface area contributed by atoms with Crippen molar-refractivity contribution in [3.8, 4) is 73.6 Å². The molecule has 1 aromatic heterocycles. The predicted octanol–water partition coefficient (Wildman–Crippen LogP) is 13.5. The van der Waals surface area contributed by atoms with E-state index in [0.717, 1.165) is 34.4 Å². The van der Waals surface area contributed by atoms with Crippen LogP contribution in [0.4, 0.5) is 0 Å². The van der Waals surface area contributed by atoms with Gasteiger partial charge in [0.1, 0.15) is 0 Å². The highest BCUT2D eigenvalue weighted by molar-refractivity contribution is 5.85.